The van der Waals surface area contributed by atoms with Crippen LogP contribution in [0.15, 0.2) is 24.3 Å². The van der Waals surface area contributed by atoms with Crippen LogP contribution in [0.25, 0.3) is 0 Å². The van der Waals surface area contributed by atoms with Crippen LogP contribution in [-0.4, -0.2) is 19.6 Å². The van der Waals surface area contributed by atoms with Crippen LogP contribution in [-0.2, 0) is 16.0 Å². The third-order valence-electron chi connectivity index (χ3n) is 3.09. The number of carbonyl (C=O) groups is 1. The number of fused-ring (bicyclic) bond motifs is 1. The Morgan fingerprint density at radius 2 is 2.31 bits per heavy atom. The van der Waals surface area contributed by atoms with E-state index in [9.17, 15) is 4.79 Å². The molecule has 1 aromatic carbocycles. The number of carbonyl (C=O) groups excluding carboxylic acids is 1. The molecular weight excluding hydrogens is 202 g/mol. The lowest BCUT2D eigenvalue weighted by molar-refractivity contribution is -0.139. The maximum atomic E-state index is 11.1. The van der Waals surface area contributed by atoms with E-state index in [-0.39, 0.29) is 12.5 Å². The van der Waals surface area contributed by atoms with Gasteiger partial charge in [-0.15, -0.1) is 0 Å². The van der Waals surface area contributed by atoms with E-state index in [1.54, 1.807) is 0 Å². The predicted octanol–water partition coefficient (Wildman–Crippen LogP) is 1.83. The number of benzene rings is 1. The fourth-order valence-corrected chi connectivity index (χ4v) is 2.24. The molecule has 86 valence electrons. The maximum Gasteiger partial charge on any atom is 0.319 e. The summed E-state index contributed by atoms with van der Waals surface area (Å²) in [7, 11) is 1.42. The van der Waals surface area contributed by atoms with Crippen LogP contribution in [0.2, 0.25) is 0 Å². The van der Waals surface area contributed by atoms with Crippen molar-refractivity contribution in [2.45, 2.75) is 25.3 Å². The third kappa shape index (κ3) is 2.42. The van der Waals surface area contributed by atoms with Crippen molar-refractivity contribution in [1.29, 1.82) is 0 Å². The van der Waals surface area contributed by atoms with Gasteiger partial charge in [-0.05, 0) is 30.4 Å². The van der Waals surface area contributed by atoms with Gasteiger partial charge in [0.1, 0.15) is 0 Å². The van der Waals surface area contributed by atoms with Gasteiger partial charge in [-0.2, -0.15) is 0 Å². The van der Waals surface area contributed by atoms with Crippen LogP contribution in [0.1, 0.15) is 30.0 Å². The quantitative estimate of drug-likeness (QED) is 0.788. The van der Waals surface area contributed by atoms with Crippen LogP contribution in [0, 0.1) is 0 Å². The molecule has 1 aliphatic rings. The van der Waals surface area contributed by atoms with Gasteiger partial charge >= 0.3 is 5.97 Å². The SMILES string of the molecule is COC(=O)CN[C@H]1CCCc2ccccc21. The number of ether oxygens (including phenoxy) is 1. The molecule has 16 heavy (non-hydrogen) atoms. The molecular formula is C13H17NO2. The fourth-order valence-electron chi connectivity index (χ4n) is 2.24. The molecule has 3 nitrogen and oxygen atoms in total. The molecule has 1 aromatic rings. The van der Waals surface area contributed by atoms with Gasteiger partial charge < -0.3 is 10.1 Å². The van der Waals surface area contributed by atoms with Gasteiger partial charge in [-0.25, -0.2) is 0 Å². The summed E-state index contributed by atoms with van der Waals surface area (Å²) >= 11 is 0. The van der Waals surface area contributed by atoms with Crippen molar-refractivity contribution in [3.8, 4) is 0 Å². The molecule has 0 saturated carbocycles. The van der Waals surface area contributed by atoms with Gasteiger partial charge in [-0.1, -0.05) is 24.3 Å². The van der Waals surface area contributed by atoms with Gasteiger partial charge in [0.05, 0.1) is 13.7 Å². The molecule has 0 saturated heterocycles. The highest BCUT2D eigenvalue weighted by molar-refractivity contribution is 5.71. The molecule has 0 bridgehead atoms. The third-order valence-corrected chi connectivity index (χ3v) is 3.09. The average Bonchev–Trinajstić information content (AvgIpc) is 2.35. The highest BCUT2D eigenvalue weighted by atomic mass is 16.5. The van der Waals surface area contributed by atoms with Crippen LogP contribution in [0.5, 0.6) is 0 Å². The fraction of sp³-hybridized carbons (Fsp3) is 0.462. The number of hydrogen-bond donors (Lipinski definition) is 1. The summed E-state index contributed by atoms with van der Waals surface area (Å²) in [5.74, 6) is -0.206. The van der Waals surface area contributed by atoms with E-state index in [2.05, 4.69) is 34.3 Å². The van der Waals surface area contributed by atoms with E-state index in [1.165, 1.54) is 24.7 Å². The first-order valence-electron chi connectivity index (χ1n) is 5.69. The van der Waals surface area contributed by atoms with Crippen LogP contribution in [0.3, 0.4) is 0 Å². The lowest BCUT2D eigenvalue weighted by atomic mass is 9.88. The number of esters is 1. The van der Waals surface area contributed by atoms with Crippen molar-refractivity contribution in [2.24, 2.45) is 0 Å². The first-order valence-corrected chi connectivity index (χ1v) is 5.69. The Kier molecular flexibility index (Phi) is 3.57. The Labute approximate surface area is 95.8 Å². The zero-order chi connectivity index (χ0) is 11.4. The molecule has 0 spiro atoms. The van der Waals surface area contributed by atoms with Crippen LogP contribution < -0.4 is 5.32 Å². The highest BCUT2D eigenvalue weighted by Crippen LogP contribution is 2.29. The second kappa shape index (κ2) is 5.12. The Morgan fingerprint density at radius 1 is 1.50 bits per heavy atom. The van der Waals surface area contributed by atoms with E-state index in [1.807, 2.05) is 0 Å². The number of aryl methyl sites for hydroxylation is 1. The smallest absolute Gasteiger partial charge is 0.319 e. The van der Waals surface area contributed by atoms with E-state index >= 15 is 0 Å². The van der Waals surface area contributed by atoms with Gasteiger partial charge in [0.25, 0.3) is 0 Å². The Bertz CT molecular complexity index is 376. The Balaban J connectivity index is 2.04. The second-order valence-corrected chi connectivity index (χ2v) is 4.10. The zero-order valence-electron chi connectivity index (χ0n) is 9.53. The number of methoxy groups -OCH3 is 1. The van der Waals surface area contributed by atoms with Crippen molar-refractivity contribution in [1.82, 2.24) is 5.32 Å². The van der Waals surface area contributed by atoms with E-state index in [0.717, 1.165) is 12.8 Å². The summed E-state index contributed by atoms with van der Waals surface area (Å²) < 4.78 is 4.63. The monoisotopic (exact) mass is 219 g/mol. The Hall–Kier alpha value is -1.35. The summed E-state index contributed by atoms with van der Waals surface area (Å²) in [5, 5.41) is 3.25. The minimum Gasteiger partial charge on any atom is -0.468 e. The summed E-state index contributed by atoms with van der Waals surface area (Å²) in [6, 6.07) is 8.73. The topological polar surface area (TPSA) is 38.3 Å². The first-order chi connectivity index (χ1) is 7.81. The average molecular weight is 219 g/mol. The van der Waals surface area contributed by atoms with Gasteiger partial charge in [0.2, 0.25) is 0 Å². The molecule has 0 radical (unpaired) electrons. The zero-order valence-corrected chi connectivity index (χ0v) is 9.53. The molecule has 1 aliphatic carbocycles. The second-order valence-electron chi connectivity index (χ2n) is 4.10. The van der Waals surface area contributed by atoms with Crippen molar-refractivity contribution in [3.05, 3.63) is 35.4 Å². The largest absolute Gasteiger partial charge is 0.468 e. The lowest BCUT2D eigenvalue weighted by Gasteiger charge is -2.26. The molecule has 0 fully saturated rings. The molecule has 2 rings (SSSR count). The summed E-state index contributed by atoms with van der Waals surface area (Å²) in [6.07, 6.45) is 3.41. The normalized spacial score (nSPS) is 18.9. The molecule has 0 amide bonds. The molecule has 1 N–H and O–H groups in total. The van der Waals surface area contributed by atoms with Crippen molar-refractivity contribution >= 4 is 5.97 Å². The summed E-state index contributed by atoms with van der Waals surface area (Å²) in [4.78, 5) is 11.1. The number of rotatable bonds is 3. The van der Waals surface area contributed by atoms with E-state index in [4.69, 9.17) is 0 Å². The van der Waals surface area contributed by atoms with Crippen LogP contribution >= 0.6 is 0 Å². The molecule has 1 atom stereocenters. The number of nitrogens with one attached hydrogen (secondary N) is 1. The van der Waals surface area contributed by atoms with Crippen molar-refractivity contribution in [3.63, 3.8) is 0 Å². The molecule has 0 heterocycles. The van der Waals surface area contributed by atoms with Gasteiger partial charge in [-0.3, -0.25) is 4.79 Å². The van der Waals surface area contributed by atoms with E-state index < -0.39 is 0 Å². The molecule has 3 heteroatoms. The molecule has 0 aliphatic heterocycles. The Morgan fingerprint density at radius 3 is 3.12 bits per heavy atom. The number of hydrogen-bond acceptors (Lipinski definition) is 3. The predicted molar refractivity (Wildman–Crippen MR) is 62.1 cm³/mol. The van der Waals surface area contributed by atoms with Crippen LogP contribution in [0.4, 0.5) is 0 Å². The minimum atomic E-state index is -0.206. The minimum absolute atomic E-state index is 0.206. The van der Waals surface area contributed by atoms with Gasteiger partial charge in [0, 0.05) is 6.04 Å². The summed E-state index contributed by atoms with van der Waals surface area (Å²) in [6.45, 7) is 0.287. The van der Waals surface area contributed by atoms with Gasteiger partial charge in [0.15, 0.2) is 0 Å². The molecule has 0 unspecified atom stereocenters. The van der Waals surface area contributed by atoms with Crippen molar-refractivity contribution in [2.75, 3.05) is 13.7 Å². The molecule has 0 aromatic heterocycles. The van der Waals surface area contributed by atoms with Crippen molar-refractivity contribution < 1.29 is 9.53 Å². The maximum absolute atomic E-state index is 11.1. The highest BCUT2D eigenvalue weighted by Gasteiger charge is 2.19. The summed E-state index contributed by atoms with van der Waals surface area (Å²) in [5.41, 5.74) is 2.73. The van der Waals surface area contributed by atoms with E-state index in [0.29, 0.717) is 6.04 Å². The lowest BCUT2D eigenvalue weighted by Crippen LogP contribution is -2.30. The first kappa shape index (κ1) is 11.1. The standard InChI is InChI=1S/C13H17NO2/c1-16-13(15)9-14-12-8-4-6-10-5-2-3-7-11(10)12/h2-3,5,7,12,14H,4,6,8-9H2,1H3/t12-/m0/s1.